The van der Waals surface area contributed by atoms with Gasteiger partial charge in [0.15, 0.2) is 5.78 Å². The van der Waals surface area contributed by atoms with E-state index in [1.54, 1.807) is 37.9 Å². The Hall–Kier alpha value is -5.16. The number of benzene rings is 1. The van der Waals surface area contributed by atoms with Crippen LogP contribution in [0.3, 0.4) is 0 Å². The van der Waals surface area contributed by atoms with Gasteiger partial charge in [-0.3, -0.25) is 33.9 Å². The maximum atomic E-state index is 14.8. The summed E-state index contributed by atoms with van der Waals surface area (Å²) in [6.45, 7) is 15.6. The molecule has 64 heavy (non-hydrogen) atoms. The standard InChI is InChI=1S/C48H64N4O12/c1-25-14-13-15-26(2)47(59)50-38-33(24-49-52-21-19-51(20-22-52)32-16-11-12-17-32)41(56)35-36(42(38)57)40(55)30(6)45-37(35)46(58)48(8,64-45)62-23-18-34(60-9)27(3)44(63-31(7)53)29(5)39(54)28(4)43(25)61-10/h13-15,18,23-25,27-29,32,34,39,43-44,54-55H,11-12,16-17,19-22H2,1-10H3,(H,50,59)/b14-13+,23-18+,26-15-,49-24+/t25-,27+,28-,29+,34-,39+,43-,44+,48-/m0/s1. The average Bonchev–Trinajstić information content (AvgIpc) is 3.90. The second-order valence-electron chi connectivity index (χ2n) is 18.0. The van der Waals surface area contributed by atoms with Gasteiger partial charge >= 0.3 is 11.8 Å². The summed E-state index contributed by atoms with van der Waals surface area (Å²) >= 11 is 0. The number of amides is 1. The number of carbonyl (C=O) groups excluding carboxylic acids is 5. The molecule has 3 N–H and O–H groups in total. The summed E-state index contributed by atoms with van der Waals surface area (Å²) in [5.41, 5.74) is -1.60. The Morgan fingerprint density at radius 2 is 1.56 bits per heavy atom. The van der Waals surface area contributed by atoms with Crippen LogP contribution in [0.2, 0.25) is 0 Å². The molecule has 1 saturated carbocycles. The third kappa shape index (κ3) is 9.46. The molecule has 5 bridgehead atoms. The molecule has 0 unspecified atom stereocenters. The number of hydrazone groups is 1. The zero-order chi connectivity index (χ0) is 46.8. The highest BCUT2D eigenvalue weighted by Gasteiger charge is 2.52. The molecule has 4 aliphatic heterocycles. The van der Waals surface area contributed by atoms with Gasteiger partial charge in [-0.25, -0.2) is 0 Å². The Labute approximate surface area is 375 Å². The minimum absolute atomic E-state index is 0.00656. The molecule has 1 saturated heterocycles. The summed E-state index contributed by atoms with van der Waals surface area (Å²) < 4.78 is 29.7. The first-order chi connectivity index (χ1) is 30.3. The van der Waals surface area contributed by atoms with Crippen molar-refractivity contribution in [3.63, 3.8) is 0 Å². The van der Waals surface area contributed by atoms with Crippen molar-refractivity contribution in [3.05, 3.63) is 69.7 Å². The van der Waals surface area contributed by atoms with Gasteiger partial charge in [-0.05, 0) is 32.8 Å². The number of aromatic hydroxyl groups is 1. The van der Waals surface area contributed by atoms with Crippen molar-refractivity contribution in [3.8, 4) is 11.5 Å². The largest absolute Gasteiger partial charge is 0.507 e. The summed E-state index contributed by atoms with van der Waals surface area (Å²) in [5.74, 6) is -8.53. The normalized spacial score (nSPS) is 33.2. The number of aliphatic hydroxyl groups excluding tert-OH is 1. The van der Waals surface area contributed by atoms with Crippen LogP contribution in [0.1, 0.15) is 111 Å². The van der Waals surface area contributed by atoms with E-state index >= 15 is 0 Å². The molecule has 1 aromatic rings. The predicted molar refractivity (Wildman–Crippen MR) is 237 cm³/mol. The average molecular weight is 889 g/mol. The lowest BCUT2D eigenvalue weighted by molar-refractivity contribution is -0.161. The number of phenols is 1. The number of rotatable bonds is 6. The lowest BCUT2D eigenvalue weighted by atomic mass is 9.78. The summed E-state index contributed by atoms with van der Waals surface area (Å²) in [6.07, 6.45) is 10.6. The number of Topliss-reactive ketones (excluding diaryl/α,β-unsaturated/α-hetero) is 3. The fourth-order valence-electron chi connectivity index (χ4n) is 9.86. The SMILES string of the molecule is CO[C@@H]1[C@@H](C)[C@@H](O)[C@@H](C)[C@H](OC(C)=O)[C@H](C)[C@@H](OC)/C=C/O[C@@]2(C)Oc3c(C)c(O)c4c(c3C2=O)C(=O)C(/C=N/N2CCN(C3CCCC3)CC2)=C(NC(=O)/C(C)=C\C=C\[C@@H]1C)C4=O. The molecule has 2 aliphatic carbocycles. The number of ketones is 3. The van der Waals surface area contributed by atoms with E-state index in [-0.39, 0.29) is 33.9 Å². The molecule has 0 radical (unpaired) electrons. The smallest absolute Gasteiger partial charge is 0.312 e. The lowest BCUT2D eigenvalue weighted by Gasteiger charge is -2.38. The van der Waals surface area contributed by atoms with Crippen molar-refractivity contribution < 1.29 is 57.9 Å². The topological polar surface area (TPSA) is 203 Å². The molecule has 6 aliphatic rings. The second-order valence-corrected chi connectivity index (χ2v) is 18.0. The van der Waals surface area contributed by atoms with Gasteiger partial charge < -0.3 is 39.2 Å². The maximum Gasteiger partial charge on any atom is 0.312 e. The third-order valence-electron chi connectivity index (χ3n) is 13.7. The van der Waals surface area contributed by atoms with Crippen molar-refractivity contribution >= 4 is 35.4 Å². The minimum Gasteiger partial charge on any atom is -0.507 e. The molecule has 2 fully saturated rings. The first-order valence-electron chi connectivity index (χ1n) is 22.3. The van der Waals surface area contributed by atoms with Crippen LogP contribution in [-0.4, -0.2) is 132 Å². The number of esters is 1. The maximum absolute atomic E-state index is 14.8. The molecule has 4 heterocycles. The van der Waals surface area contributed by atoms with Gasteiger partial charge in [0.2, 0.25) is 5.78 Å². The van der Waals surface area contributed by atoms with Crippen LogP contribution < -0.4 is 10.1 Å². The van der Waals surface area contributed by atoms with Crippen LogP contribution in [0.25, 0.3) is 0 Å². The van der Waals surface area contributed by atoms with Crippen LogP contribution in [0.15, 0.2) is 52.5 Å². The molecule has 1 aromatic carbocycles. The Bertz CT molecular complexity index is 2160. The van der Waals surface area contributed by atoms with Crippen molar-refractivity contribution in [1.29, 1.82) is 0 Å². The second kappa shape index (κ2) is 19.9. The van der Waals surface area contributed by atoms with Crippen molar-refractivity contribution in [2.24, 2.45) is 28.8 Å². The van der Waals surface area contributed by atoms with E-state index in [1.165, 1.54) is 79.2 Å². The number of ether oxygens (including phenoxy) is 5. The number of hydrogen-bond acceptors (Lipinski definition) is 15. The highest BCUT2D eigenvalue weighted by atomic mass is 16.7. The molecule has 7 rings (SSSR count). The van der Waals surface area contributed by atoms with Crippen molar-refractivity contribution in [2.45, 2.75) is 117 Å². The monoisotopic (exact) mass is 888 g/mol. The third-order valence-corrected chi connectivity index (χ3v) is 13.7. The van der Waals surface area contributed by atoms with E-state index in [0.717, 1.165) is 13.1 Å². The quantitative estimate of drug-likeness (QED) is 0.249. The molecule has 0 spiro atoms. The molecule has 1 amide bonds. The summed E-state index contributed by atoms with van der Waals surface area (Å²) in [4.78, 5) is 72.8. The molecule has 348 valence electrons. The van der Waals surface area contributed by atoms with Gasteiger partial charge in [-0.15, -0.1) is 0 Å². The van der Waals surface area contributed by atoms with Gasteiger partial charge in [-0.1, -0.05) is 58.8 Å². The van der Waals surface area contributed by atoms with Crippen LogP contribution >= 0.6 is 0 Å². The fraction of sp³-hybridized carbons (Fsp3) is 0.583. The van der Waals surface area contributed by atoms with Gasteiger partial charge in [0.05, 0.1) is 53.1 Å². The number of phenolic OH excluding ortho intramolecular Hbond substituents is 1. The Morgan fingerprint density at radius 1 is 0.906 bits per heavy atom. The zero-order valence-corrected chi connectivity index (χ0v) is 38.6. The number of methoxy groups -OCH3 is 2. The lowest BCUT2D eigenvalue weighted by Crippen LogP contribution is -2.48. The van der Waals surface area contributed by atoms with Crippen LogP contribution in [0, 0.1) is 30.6 Å². The molecular weight excluding hydrogens is 825 g/mol. The van der Waals surface area contributed by atoms with Crippen molar-refractivity contribution in [2.75, 3.05) is 40.4 Å². The number of aliphatic hydroxyl groups is 1. The first-order valence-corrected chi connectivity index (χ1v) is 22.3. The van der Waals surface area contributed by atoms with E-state index in [0.29, 0.717) is 19.1 Å². The molecular formula is C48H64N4O12. The van der Waals surface area contributed by atoms with Gasteiger partial charge in [0.1, 0.15) is 23.3 Å². The Kier molecular flexibility index (Phi) is 15.0. The number of fused-ring (bicyclic) bond motifs is 14. The Balaban J connectivity index is 1.44. The summed E-state index contributed by atoms with van der Waals surface area (Å²) in [5, 5.41) is 32.5. The number of piperazine rings is 1. The van der Waals surface area contributed by atoms with Gasteiger partial charge in [-0.2, -0.15) is 5.10 Å². The van der Waals surface area contributed by atoms with E-state index in [2.05, 4.69) is 15.3 Å². The predicted octanol–water partition coefficient (Wildman–Crippen LogP) is 5.20. The highest BCUT2D eigenvalue weighted by Crippen LogP contribution is 2.48. The van der Waals surface area contributed by atoms with E-state index < -0.39 is 99.8 Å². The molecule has 16 nitrogen and oxygen atoms in total. The minimum atomic E-state index is -2.08. The number of carbonyl (C=O) groups is 5. The zero-order valence-electron chi connectivity index (χ0n) is 38.6. The van der Waals surface area contributed by atoms with Gasteiger partial charge in [0, 0.05) is 95.1 Å². The number of nitrogens with one attached hydrogen (secondary N) is 1. The number of hydrogen-bond donors (Lipinski definition) is 3. The van der Waals surface area contributed by atoms with Crippen LogP contribution in [0.5, 0.6) is 11.5 Å². The number of nitrogens with zero attached hydrogens (tertiary/aromatic N) is 3. The van der Waals surface area contributed by atoms with E-state index in [9.17, 15) is 34.2 Å². The van der Waals surface area contributed by atoms with E-state index in [1.807, 2.05) is 19.9 Å². The first kappa shape index (κ1) is 48.3. The fourth-order valence-corrected chi connectivity index (χ4v) is 9.86. The highest BCUT2D eigenvalue weighted by molar-refractivity contribution is 6.37. The van der Waals surface area contributed by atoms with Crippen LogP contribution in [-0.2, 0) is 28.5 Å². The molecule has 0 aromatic heterocycles. The summed E-state index contributed by atoms with van der Waals surface area (Å²) in [6, 6.07) is 0.541. The van der Waals surface area contributed by atoms with Crippen molar-refractivity contribution in [1.82, 2.24) is 15.2 Å². The molecule has 9 atom stereocenters. The summed E-state index contributed by atoms with van der Waals surface area (Å²) in [7, 11) is 3.00. The van der Waals surface area contributed by atoms with Gasteiger partial charge in [0.25, 0.3) is 11.7 Å². The molecule has 16 heteroatoms. The van der Waals surface area contributed by atoms with E-state index in [4.69, 9.17) is 23.7 Å². The number of allylic oxidation sites excluding steroid dienone is 4. The van der Waals surface area contributed by atoms with Crippen LogP contribution in [0.4, 0.5) is 0 Å². The Morgan fingerprint density at radius 3 is 2.19 bits per heavy atom.